The molecule has 1 aliphatic heterocycles. The molecule has 0 aliphatic carbocycles. The molecule has 1 aromatic carbocycles. The standard InChI is InChI=1S/C10H13NO/c11-6-4-8-2-1-3-9-5-7-12-10(8)9/h1-3H,4-7,11H2/p+1. The van der Waals surface area contributed by atoms with Crippen LogP contribution in [0.1, 0.15) is 11.1 Å². The first-order valence-electron chi connectivity index (χ1n) is 4.44. The minimum absolute atomic E-state index is 0.851. The molecule has 0 atom stereocenters. The Bertz CT molecular complexity index is 283. The second-order valence-electron chi connectivity index (χ2n) is 3.11. The van der Waals surface area contributed by atoms with Crippen LogP contribution in [0.3, 0.4) is 0 Å². The van der Waals surface area contributed by atoms with E-state index in [1.165, 1.54) is 11.1 Å². The predicted molar refractivity (Wildman–Crippen MR) is 47.1 cm³/mol. The number of rotatable bonds is 2. The molecule has 0 aromatic heterocycles. The molecule has 64 valence electrons. The lowest BCUT2D eigenvalue weighted by Gasteiger charge is -2.04. The highest BCUT2D eigenvalue weighted by atomic mass is 16.5. The number of para-hydroxylation sites is 1. The van der Waals surface area contributed by atoms with Crippen LogP contribution in [0.5, 0.6) is 5.75 Å². The Morgan fingerprint density at radius 3 is 3.17 bits per heavy atom. The molecule has 1 aromatic rings. The van der Waals surface area contributed by atoms with Gasteiger partial charge >= 0.3 is 0 Å². The largest absolute Gasteiger partial charge is 0.493 e. The number of quaternary nitrogens is 1. The van der Waals surface area contributed by atoms with Gasteiger partial charge in [-0.1, -0.05) is 18.2 Å². The van der Waals surface area contributed by atoms with Gasteiger partial charge < -0.3 is 10.5 Å². The van der Waals surface area contributed by atoms with E-state index in [2.05, 4.69) is 23.9 Å². The van der Waals surface area contributed by atoms with E-state index in [0.717, 1.165) is 31.7 Å². The average Bonchev–Trinajstić information content (AvgIpc) is 2.53. The Morgan fingerprint density at radius 1 is 1.42 bits per heavy atom. The maximum Gasteiger partial charge on any atom is 0.126 e. The quantitative estimate of drug-likeness (QED) is 0.675. The summed E-state index contributed by atoms with van der Waals surface area (Å²) in [6.07, 6.45) is 2.10. The predicted octanol–water partition coefficient (Wildman–Crippen LogP) is 0.406. The molecule has 0 amide bonds. The first-order valence-corrected chi connectivity index (χ1v) is 4.44. The zero-order valence-electron chi connectivity index (χ0n) is 7.18. The molecule has 2 rings (SSSR count). The summed E-state index contributed by atoms with van der Waals surface area (Å²) >= 11 is 0. The van der Waals surface area contributed by atoms with Crippen molar-refractivity contribution in [1.29, 1.82) is 0 Å². The third-order valence-electron chi connectivity index (χ3n) is 2.24. The highest BCUT2D eigenvalue weighted by Crippen LogP contribution is 2.29. The lowest BCUT2D eigenvalue weighted by atomic mass is 10.1. The summed E-state index contributed by atoms with van der Waals surface area (Å²) in [7, 11) is 0. The zero-order chi connectivity index (χ0) is 8.39. The molecule has 1 heterocycles. The molecule has 2 heteroatoms. The third kappa shape index (κ3) is 1.18. The normalized spacial score (nSPS) is 14.1. The molecule has 0 fully saturated rings. The molecule has 3 N–H and O–H groups in total. The molecule has 2 nitrogen and oxygen atoms in total. The smallest absolute Gasteiger partial charge is 0.126 e. The van der Waals surface area contributed by atoms with E-state index in [1.54, 1.807) is 0 Å². The summed E-state index contributed by atoms with van der Waals surface area (Å²) in [5.41, 5.74) is 6.53. The van der Waals surface area contributed by atoms with Crippen LogP contribution in [-0.2, 0) is 12.8 Å². The fraction of sp³-hybridized carbons (Fsp3) is 0.400. The second kappa shape index (κ2) is 3.15. The Hall–Kier alpha value is -1.02. The fourth-order valence-corrected chi connectivity index (χ4v) is 1.67. The molecule has 0 saturated heterocycles. The minimum atomic E-state index is 0.851. The fourth-order valence-electron chi connectivity index (χ4n) is 1.67. The van der Waals surface area contributed by atoms with Crippen LogP contribution in [0.4, 0.5) is 0 Å². The van der Waals surface area contributed by atoms with Gasteiger partial charge in [-0.3, -0.25) is 0 Å². The van der Waals surface area contributed by atoms with E-state index in [9.17, 15) is 0 Å². The number of fused-ring (bicyclic) bond motifs is 1. The van der Waals surface area contributed by atoms with Gasteiger partial charge in [-0.05, 0) is 11.1 Å². The summed E-state index contributed by atoms with van der Waals surface area (Å²) in [6, 6.07) is 6.39. The van der Waals surface area contributed by atoms with Crippen LogP contribution < -0.4 is 10.5 Å². The molecule has 12 heavy (non-hydrogen) atoms. The second-order valence-corrected chi connectivity index (χ2v) is 3.11. The lowest BCUT2D eigenvalue weighted by Crippen LogP contribution is -2.51. The van der Waals surface area contributed by atoms with Crippen molar-refractivity contribution in [2.75, 3.05) is 13.2 Å². The maximum absolute atomic E-state index is 5.55. The lowest BCUT2D eigenvalue weighted by molar-refractivity contribution is -0.366. The van der Waals surface area contributed by atoms with Gasteiger partial charge in [0.25, 0.3) is 0 Å². The van der Waals surface area contributed by atoms with Crippen molar-refractivity contribution in [3.8, 4) is 5.75 Å². The van der Waals surface area contributed by atoms with Gasteiger partial charge in [0.2, 0.25) is 0 Å². The van der Waals surface area contributed by atoms with Crippen molar-refractivity contribution < 1.29 is 10.5 Å². The number of ether oxygens (including phenoxy) is 1. The van der Waals surface area contributed by atoms with Crippen molar-refractivity contribution in [2.24, 2.45) is 0 Å². The maximum atomic E-state index is 5.55. The van der Waals surface area contributed by atoms with Gasteiger partial charge in [0.05, 0.1) is 13.2 Å². The van der Waals surface area contributed by atoms with Crippen LogP contribution in [0.15, 0.2) is 18.2 Å². The number of hydrogen-bond donors (Lipinski definition) is 1. The Morgan fingerprint density at radius 2 is 2.33 bits per heavy atom. The van der Waals surface area contributed by atoms with Crippen LogP contribution in [0.25, 0.3) is 0 Å². The van der Waals surface area contributed by atoms with Crippen molar-refractivity contribution in [1.82, 2.24) is 0 Å². The van der Waals surface area contributed by atoms with Crippen LogP contribution >= 0.6 is 0 Å². The van der Waals surface area contributed by atoms with Gasteiger partial charge in [0.15, 0.2) is 0 Å². The average molecular weight is 164 g/mol. The van der Waals surface area contributed by atoms with E-state index < -0.39 is 0 Å². The first-order chi connectivity index (χ1) is 5.92. The topological polar surface area (TPSA) is 36.9 Å². The third-order valence-corrected chi connectivity index (χ3v) is 2.24. The van der Waals surface area contributed by atoms with Gasteiger partial charge in [0.1, 0.15) is 5.75 Å². The van der Waals surface area contributed by atoms with Gasteiger partial charge in [-0.15, -0.1) is 0 Å². The number of hydrogen-bond acceptors (Lipinski definition) is 1. The van der Waals surface area contributed by atoms with E-state index >= 15 is 0 Å². The van der Waals surface area contributed by atoms with E-state index in [-0.39, 0.29) is 0 Å². The van der Waals surface area contributed by atoms with Crippen molar-refractivity contribution >= 4 is 0 Å². The van der Waals surface area contributed by atoms with Crippen LogP contribution in [-0.4, -0.2) is 13.2 Å². The highest BCUT2D eigenvalue weighted by Gasteiger charge is 2.14. The zero-order valence-corrected chi connectivity index (χ0v) is 7.18. The summed E-state index contributed by atoms with van der Waals surface area (Å²) in [4.78, 5) is 0. The molecular weight excluding hydrogens is 150 g/mol. The summed E-state index contributed by atoms with van der Waals surface area (Å²) in [5.74, 6) is 1.13. The molecule has 1 aliphatic rings. The highest BCUT2D eigenvalue weighted by molar-refractivity contribution is 5.43. The van der Waals surface area contributed by atoms with Gasteiger partial charge in [0, 0.05) is 12.8 Å². The molecule has 0 spiro atoms. The van der Waals surface area contributed by atoms with E-state index in [4.69, 9.17) is 4.74 Å². The van der Waals surface area contributed by atoms with Crippen molar-refractivity contribution in [3.05, 3.63) is 29.3 Å². The van der Waals surface area contributed by atoms with Crippen molar-refractivity contribution in [3.63, 3.8) is 0 Å². The Labute approximate surface area is 72.3 Å². The molecule has 0 saturated carbocycles. The Kier molecular flexibility index (Phi) is 2.00. The number of benzene rings is 1. The SMILES string of the molecule is [NH3+]CCc1cccc2c1OCC2. The van der Waals surface area contributed by atoms with Gasteiger partial charge in [-0.25, -0.2) is 0 Å². The summed E-state index contributed by atoms with van der Waals surface area (Å²) in [5, 5.41) is 0. The molecular formula is C10H14NO+. The minimum Gasteiger partial charge on any atom is -0.493 e. The summed E-state index contributed by atoms with van der Waals surface area (Å²) in [6.45, 7) is 1.79. The molecule has 0 radical (unpaired) electrons. The van der Waals surface area contributed by atoms with Crippen LogP contribution in [0, 0.1) is 0 Å². The van der Waals surface area contributed by atoms with E-state index in [0.29, 0.717) is 0 Å². The Balaban J connectivity index is 2.36. The van der Waals surface area contributed by atoms with Crippen molar-refractivity contribution in [2.45, 2.75) is 12.8 Å². The van der Waals surface area contributed by atoms with Gasteiger partial charge in [-0.2, -0.15) is 0 Å². The monoisotopic (exact) mass is 164 g/mol. The van der Waals surface area contributed by atoms with Crippen LogP contribution in [0.2, 0.25) is 0 Å². The van der Waals surface area contributed by atoms with E-state index in [1.807, 2.05) is 0 Å². The summed E-state index contributed by atoms with van der Waals surface area (Å²) < 4.78 is 5.55. The molecule has 0 bridgehead atoms. The molecule has 0 unspecified atom stereocenters. The first kappa shape index (κ1) is 7.62.